The van der Waals surface area contributed by atoms with Gasteiger partial charge in [0.1, 0.15) is 19.1 Å². The van der Waals surface area contributed by atoms with Crippen molar-refractivity contribution < 1.29 is 17.9 Å². The second kappa shape index (κ2) is 6.14. The Hall–Kier alpha value is -2.18. The first kappa shape index (κ1) is 15.7. The van der Waals surface area contributed by atoms with E-state index in [1.807, 2.05) is 13.1 Å². The zero-order chi connectivity index (χ0) is 16.6. The Bertz CT molecular complexity index is 652. The van der Waals surface area contributed by atoms with Gasteiger partial charge in [-0.25, -0.2) is 18.2 Å². The average Bonchev–Trinajstić information content (AvgIpc) is 2.54. The SMILES string of the molecule is CC1CCN2CN=C(OCc3cc(F)c(F)c(F)c3)C=C2N1C. The second-order valence-corrected chi connectivity index (χ2v) is 5.81. The third-order valence-electron chi connectivity index (χ3n) is 4.24. The summed E-state index contributed by atoms with van der Waals surface area (Å²) >= 11 is 0. The van der Waals surface area contributed by atoms with Crippen LogP contribution in [-0.2, 0) is 11.3 Å². The van der Waals surface area contributed by atoms with Crippen LogP contribution >= 0.6 is 0 Å². The second-order valence-electron chi connectivity index (χ2n) is 5.81. The molecule has 0 amide bonds. The van der Waals surface area contributed by atoms with Crippen LogP contribution in [0.25, 0.3) is 0 Å². The molecular weight excluding hydrogens is 307 g/mol. The number of hydrogen-bond acceptors (Lipinski definition) is 4. The fourth-order valence-corrected chi connectivity index (χ4v) is 2.68. The Morgan fingerprint density at radius 3 is 2.65 bits per heavy atom. The van der Waals surface area contributed by atoms with E-state index in [0.717, 1.165) is 30.9 Å². The van der Waals surface area contributed by atoms with E-state index in [-0.39, 0.29) is 12.2 Å². The predicted molar refractivity (Wildman–Crippen MR) is 80.0 cm³/mol. The van der Waals surface area contributed by atoms with E-state index in [0.29, 0.717) is 18.6 Å². The van der Waals surface area contributed by atoms with E-state index in [1.54, 1.807) is 0 Å². The van der Waals surface area contributed by atoms with Crippen LogP contribution in [0.4, 0.5) is 13.2 Å². The first-order chi connectivity index (χ1) is 11.0. The maximum absolute atomic E-state index is 13.2. The van der Waals surface area contributed by atoms with Crippen LogP contribution in [0.15, 0.2) is 29.0 Å². The molecule has 0 saturated carbocycles. The van der Waals surface area contributed by atoms with Gasteiger partial charge in [0, 0.05) is 25.7 Å². The molecule has 2 heterocycles. The Morgan fingerprint density at radius 2 is 1.96 bits per heavy atom. The van der Waals surface area contributed by atoms with Crippen molar-refractivity contribution in [1.29, 1.82) is 0 Å². The van der Waals surface area contributed by atoms with Crippen LogP contribution in [0, 0.1) is 17.5 Å². The van der Waals surface area contributed by atoms with Gasteiger partial charge in [-0.1, -0.05) is 0 Å². The van der Waals surface area contributed by atoms with Gasteiger partial charge in [-0.05, 0) is 31.0 Å². The summed E-state index contributed by atoms with van der Waals surface area (Å²) in [4.78, 5) is 8.60. The number of hydrogen-bond donors (Lipinski definition) is 0. The van der Waals surface area contributed by atoms with E-state index in [1.165, 1.54) is 0 Å². The van der Waals surface area contributed by atoms with Crippen molar-refractivity contribution in [2.24, 2.45) is 4.99 Å². The van der Waals surface area contributed by atoms with Gasteiger partial charge < -0.3 is 14.5 Å². The Morgan fingerprint density at radius 1 is 1.26 bits per heavy atom. The summed E-state index contributed by atoms with van der Waals surface area (Å²) in [6, 6.07) is 2.28. The zero-order valence-corrected chi connectivity index (χ0v) is 13.0. The smallest absolute Gasteiger partial charge is 0.214 e. The molecule has 4 nitrogen and oxygen atoms in total. The minimum absolute atomic E-state index is 0.0734. The van der Waals surface area contributed by atoms with Gasteiger partial charge in [-0.15, -0.1) is 0 Å². The molecule has 23 heavy (non-hydrogen) atoms. The number of aliphatic imine (C=N–C) groups is 1. The van der Waals surface area contributed by atoms with Crippen molar-refractivity contribution in [3.05, 3.63) is 47.0 Å². The number of rotatable bonds is 2. The molecule has 1 unspecified atom stereocenters. The maximum Gasteiger partial charge on any atom is 0.214 e. The number of halogens is 3. The van der Waals surface area contributed by atoms with Crippen molar-refractivity contribution in [3.8, 4) is 0 Å². The molecule has 3 rings (SSSR count). The molecule has 0 radical (unpaired) electrons. The third kappa shape index (κ3) is 3.13. The lowest BCUT2D eigenvalue weighted by molar-refractivity contribution is 0.133. The van der Waals surface area contributed by atoms with E-state index in [4.69, 9.17) is 4.74 Å². The molecule has 1 fully saturated rings. The monoisotopic (exact) mass is 325 g/mol. The molecule has 7 heteroatoms. The summed E-state index contributed by atoms with van der Waals surface area (Å²) in [6.45, 7) is 3.50. The molecular formula is C16H18F3N3O. The molecule has 0 spiro atoms. The van der Waals surface area contributed by atoms with Crippen molar-refractivity contribution in [2.75, 3.05) is 20.3 Å². The highest BCUT2D eigenvalue weighted by Crippen LogP contribution is 2.24. The summed E-state index contributed by atoms with van der Waals surface area (Å²) < 4.78 is 44.8. The molecule has 0 bridgehead atoms. The van der Waals surface area contributed by atoms with Crippen LogP contribution < -0.4 is 0 Å². The van der Waals surface area contributed by atoms with Gasteiger partial charge in [0.15, 0.2) is 17.5 Å². The van der Waals surface area contributed by atoms with E-state index in [2.05, 4.69) is 21.7 Å². The van der Waals surface area contributed by atoms with Crippen LogP contribution in [0.5, 0.6) is 0 Å². The Labute approximate surface area is 132 Å². The van der Waals surface area contributed by atoms with Gasteiger partial charge in [0.05, 0.1) is 0 Å². The number of fused-ring (bicyclic) bond motifs is 1. The molecule has 1 atom stereocenters. The highest BCUT2D eigenvalue weighted by Gasteiger charge is 2.27. The molecule has 2 aliphatic rings. The van der Waals surface area contributed by atoms with E-state index < -0.39 is 17.5 Å². The number of benzene rings is 1. The lowest BCUT2D eigenvalue weighted by Gasteiger charge is -2.43. The fourth-order valence-electron chi connectivity index (χ4n) is 2.68. The summed E-state index contributed by atoms with van der Waals surface area (Å²) in [5, 5.41) is 0. The first-order valence-corrected chi connectivity index (χ1v) is 7.46. The summed E-state index contributed by atoms with van der Waals surface area (Å²) in [6.07, 6.45) is 2.88. The normalized spacial score (nSPS) is 20.8. The molecule has 1 aromatic carbocycles. The van der Waals surface area contributed by atoms with Crippen molar-refractivity contribution in [2.45, 2.75) is 26.0 Å². The van der Waals surface area contributed by atoms with Gasteiger partial charge in [-0.3, -0.25) is 0 Å². The molecule has 0 aliphatic carbocycles. The topological polar surface area (TPSA) is 28.1 Å². The summed E-state index contributed by atoms with van der Waals surface area (Å²) in [5.41, 5.74) is 0.218. The quantitative estimate of drug-likeness (QED) is 0.783. The minimum atomic E-state index is -1.47. The van der Waals surface area contributed by atoms with Crippen molar-refractivity contribution in [1.82, 2.24) is 9.80 Å². The standard InChI is InChI=1S/C16H18F3N3O/c1-10-3-4-22-9-20-14(7-15(22)21(10)2)23-8-11-5-12(17)16(19)13(18)6-11/h5-7,10H,3-4,8-9H2,1-2H3. The first-order valence-electron chi connectivity index (χ1n) is 7.46. The minimum Gasteiger partial charge on any atom is -0.473 e. The molecule has 124 valence electrons. The Kier molecular flexibility index (Phi) is 4.19. The van der Waals surface area contributed by atoms with Crippen LogP contribution in [-0.4, -0.2) is 42.0 Å². The van der Waals surface area contributed by atoms with E-state index >= 15 is 0 Å². The summed E-state index contributed by atoms with van der Waals surface area (Å²) in [7, 11) is 2.01. The Balaban J connectivity index is 1.70. The number of nitrogens with zero attached hydrogens (tertiary/aromatic N) is 3. The summed E-state index contributed by atoms with van der Waals surface area (Å²) in [5.74, 6) is -2.49. The molecule has 0 aromatic heterocycles. The molecule has 1 aromatic rings. The molecule has 0 N–H and O–H groups in total. The van der Waals surface area contributed by atoms with Gasteiger partial charge in [-0.2, -0.15) is 0 Å². The van der Waals surface area contributed by atoms with Gasteiger partial charge in [0.25, 0.3) is 0 Å². The number of ether oxygens (including phenoxy) is 1. The lowest BCUT2D eigenvalue weighted by atomic mass is 10.1. The molecule has 2 aliphatic heterocycles. The highest BCUT2D eigenvalue weighted by atomic mass is 19.2. The predicted octanol–water partition coefficient (Wildman–Crippen LogP) is 2.86. The van der Waals surface area contributed by atoms with Crippen LogP contribution in [0.2, 0.25) is 0 Å². The lowest BCUT2D eigenvalue weighted by Crippen LogP contribution is -2.47. The van der Waals surface area contributed by atoms with Gasteiger partial charge >= 0.3 is 0 Å². The largest absolute Gasteiger partial charge is 0.473 e. The fraction of sp³-hybridized carbons (Fsp3) is 0.438. The van der Waals surface area contributed by atoms with Crippen LogP contribution in [0.1, 0.15) is 18.9 Å². The van der Waals surface area contributed by atoms with Crippen molar-refractivity contribution in [3.63, 3.8) is 0 Å². The van der Waals surface area contributed by atoms with Crippen molar-refractivity contribution >= 4 is 5.90 Å². The maximum atomic E-state index is 13.2. The van der Waals surface area contributed by atoms with Crippen LogP contribution in [0.3, 0.4) is 0 Å². The highest BCUT2D eigenvalue weighted by molar-refractivity contribution is 5.88. The third-order valence-corrected chi connectivity index (χ3v) is 4.24. The van der Waals surface area contributed by atoms with Gasteiger partial charge in [0.2, 0.25) is 5.90 Å². The molecule has 1 saturated heterocycles. The van der Waals surface area contributed by atoms with E-state index in [9.17, 15) is 13.2 Å². The average molecular weight is 325 g/mol. The zero-order valence-electron chi connectivity index (χ0n) is 13.0.